The normalized spacial score (nSPS) is 11.3. The largest absolute Gasteiger partial charge is 0.342 e. The molecule has 15 heavy (non-hydrogen) atoms. The molecule has 3 aromatic rings. The van der Waals surface area contributed by atoms with Crippen LogP contribution in [0.2, 0.25) is 4.34 Å². The van der Waals surface area contributed by atoms with E-state index in [1.807, 2.05) is 0 Å². The van der Waals surface area contributed by atoms with Crippen molar-refractivity contribution in [3.05, 3.63) is 22.4 Å². The third-order valence-corrected chi connectivity index (χ3v) is 3.68. The molecule has 6 heteroatoms. The number of halogens is 1. The average Bonchev–Trinajstić information content (AvgIpc) is 2.79. The minimum absolute atomic E-state index is 0.490. The number of rotatable bonds is 1. The Morgan fingerprint density at radius 2 is 2.33 bits per heavy atom. The first-order chi connectivity index (χ1) is 7.31. The third-order valence-electron chi connectivity index (χ3n) is 2.22. The van der Waals surface area contributed by atoms with E-state index in [0.717, 1.165) is 21.9 Å². The zero-order valence-electron chi connectivity index (χ0n) is 7.32. The molecule has 0 saturated heterocycles. The molecule has 0 aromatic carbocycles. The molecule has 0 aliphatic rings. The van der Waals surface area contributed by atoms with Crippen LogP contribution >= 0.6 is 22.9 Å². The number of aromatic nitrogens is 3. The van der Waals surface area contributed by atoms with Crippen LogP contribution in [0.5, 0.6) is 0 Å². The van der Waals surface area contributed by atoms with Crippen LogP contribution in [-0.2, 0) is 0 Å². The fourth-order valence-electron chi connectivity index (χ4n) is 1.53. The van der Waals surface area contributed by atoms with Crippen LogP contribution in [0, 0.1) is 0 Å². The van der Waals surface area contributed by atoms with Crippen molar-refractivity contribution in [2.45, 2.75) is 0 Å². The number of carbonyl (C=O) groups is 1. The number of hydrogen-bond donors (Lipinski definition) is 1. The molecule has 0 spiro atoms. The van der Waals surface area contributed by atoms with E-state index in [0.29, 0.717) is 15.5 Å². The molecule has 4 nitrogen and oxygen atoms in total. The van der Waals surface area contributed by atoms with Crippen molar-refractivity contribution in [3.63, 3.8) is 0 Å². The fraction of sp³-hybridized carbons (Fsp3) is 0. The molecule has 1 N–H and O–H groups in total. The Morgan fingerprint density at radius 3 is 3.13 bits per heavy atom. The predicted octanol–water partition coefficient (Wildman–Crippen LogP) is 2.64. The molecule has 3 heterocycles. The summed E-state index contributed by atoms with van der Waals surface area (Å²) in [6.07, 6.45) is 3.96. The molecule has 3 aromatic heterocycles. The van der Waals surface area contributed by atoms with E-state index in [-0.39, 0.29) is 0 Å². The highest BCUT2D eigenvalue weighted by molar-refractivity contribution is 7.24. The summed E-state index contributed by atoms with van der Waals surface area (Å²) in [5, 5.41) is 0.775. The fourth-order valence-corrected chi connectivity index (χ4v) is 2.88. The van der Waals surface area contributed by atoms with E-state index in [4.69, 9.17) is 11.6 Å². The van der Waals surface area contributed by atoms with Gasteiger partial charge in [-0.1, -0.05) is 11.6 Å². The monoisotopic (exact) mass is 237 g/mol. The van der Waals surface area contributed by atoms with Crippen molar-refractivity contribution in [2.24, 2.45) is 0 Å². The van der Waals surface area contributed by atoms with Crippen LogP contribution in [0.3, 0.4) is 0 Å². The molecule has 0 aliphatic heterocycles. The summed E-state index contributed by atoms with van der Waals surface area (Å²) in [5.74, 6) is 0. The summed E-state index contributed by atoms with van der Waals surface area (Å²) in [4.78, 5) is 22.0. The average molecular weight is 238 g/mol. The highest BCUT2D eigenvalue weighted by Crippen LogP contribution is 2.36. The number of nitrogens with zero attached hydrogens (tertiary/aromatic N) is 2. The number of aldehydes is 1. The lowest BCUT2D eigenvalue weighted by Crippen LogP contribution is -1.80. The van der Waals surface area contributed by atoms with Crippen LogP contribution < -0.4 is 0 Å². The number of hydrogen-bond acceptors (Lipinski definition) is 4. The number of thiophene rings is 1. The summed E-state index contributed by atoms with van der Waals surface area (Å²) in [6, 6.07) is 0. The minimum Gasteiger partial charge on any atom is -0.342 e. The number of H-pyrrole nitrogens is 1. The molecule has 74 valence electrons. The van der Waals surface area contributed by atoms with E-state index in [1.54, 1.807) is 12.5 Å². The predicted molar refractivity (Wildman–Crippen MR) is 59.7 cm³/mol. The van der Waals surface area contributed by atoms with Gasteiger partial charge in [-0.15, -0.1) is 11.3 Å². The first-order valence-corrected chi connectivity index (χ1v) is 5.36. The van der Waals surface area contributed by atoms with E-state index >= 15 is 0 Å². The van der Waals surface area contributed by atoms with Crippen LogP contribution in [0.15, 0.2) is 12.5 Å². The summed E-state index contributed by atoms with van der Waals surface area (Å²) >= 11 is 7.32. The van der Waals surface area contributed by atoms with Gasteiger partial charge in [0.05, 0.1) is 16.6 Å². The van der Waals surface area contributed by atoms with Crippen LogP contribution in [0.4, 0.5) is 0 Å². The standard InChI is InChI=1S/C9H4ClN3OS/c10-8-5(2-14)4-1-11-9-6(7(4)15-8)12-3-13-9/h1-3H,(H,11,12,13). The van der Waals surface area contributed by atoms with Gasteiger partial charge in [-0.3, -0.25) is 4.79 Å². The molecule has 0 atom stereocenters. The summed E-state index contributed by atoms with van der Waals surface area (Å²) in [7, 11) is 0. The Kier molecular flexibility index (Phi) is 1.77. The molecular formula is C9H4ClN3OS. The molecule has 0 fully saturated rings. The van der Waals surface area contributed by atoms with Gasteiger partial charge in [0, 0.05) is 11.6 Å². The Labute approximate surface area is 92.9 Å². The minimum atomic E-state index is 0.490. The lowest BCUT2D eigenvalue weighted by molar-refractivity contribution is 0.112. The van der Waals surface area contributed by atoms with Gasteiger partial charge >= 0.3 is 0 Å². The highest BCUT2D eigenvalue weighted by atomic mass is 35.5. The lowest BCUT2D eigenvalue weighted by atomic mass is 10.2. The number of fused-ring (bicyclic) bond motifs is 3. The second-order valence-electron chi connectivity index (χ2n) is 3.01. The van der Waals surface area contributed by atoms with E-state index < -0.39 is 0 Å². The smallest absolute Gasteiger partial charge is 0.178 e. The topological polar surface area (TPSA) is 58.6 Å². The number of imidazole rings is 1. The summed E-state index contributed by atoms with van der Waals surface area (Å²) < 4.78 is 1.41. The maximum absolute atomic E-state index is 10.8. The van der Waals surface area contributed by atoms with Crippen LogP contribution in [0.25, 0.3) is 21.3 Å². The first kappa shape index (κ1) is 8.82. The molecule has 3 rings (SSSR count). The van der Waals surface area contributed by atoms with Crippen molar-refractivity contribution in [3.8, 4) is 0 Å². The zero-order chi connectivity index (χ0) is 10.4. The van der Waals surface area contributed by atoms with Gasteiger partial charge in [-0.05, 0) is 0 Å². The van der Waals surface area contributed by atoms with Gasteiger partial charge in [0.25, 0.3) is 0 Å². The molecule has 0 saturated carbocycles. The van der Waals surface area contributed by atoms with Gasteiger partial charge < -0.3 is 4.98 Å². The van der Waals surface area contributed by atoms with Gasteiger partial charge in [-0.2, -0.15) is 0 Å². The van der Waals surface area contributed by atoms with Crippen molar-refractivity contribution in [1.29, 1.82) is 0 Å². The molecular weight excluding hydrogens is 234 g/mol. The van der Waals surface area contributed by atoms with Crippen molar-refractivity contribution >= 4 is 50.5 Å². The highest BCUT2D eigenvalue weighted by Gasteiger charge is 2.13. The number of pyridine rings is 1. The molecule has 0 radical (unpaired) electrons. The molecule has 0 amide bonds. The summed E-state index contributed by atoms with van der Waals surface area (Å²) in [6.45, 7) is 0. The maximum atomic E-state index is 10.8. The first-order valence-electron chi connectivity index (χ1n) is 4.16. The Bertz CT molecular complexity index is 672. The summed E-state index contributed by atoms with van der Waals surface area (Å²) in [5.41, 5.74) is 1.96. The zero-order valence-corrected chi connectivity index (χ0v) is 8.89. The van der Waals surface area contributed by atoms with Gasteiger partial charge in [0.2, 0.25) is 0 Å². The number of carbonyl (C=O) groups excluding carboxylic acids is 1. The van der Waals surface area contributed by atoms with E-state index in [2.05, 4.69) is 15.0 Å². The SMILES string of the molecule is O=Cc1c(Cl)sc2c1cnc1nc[nH]c12. The second-order valence-corrected chi connectivity index (χ2v) is 4.63. The van der Waals surface area contributed by atoms with Crippen LogP contribution in [-0.4, -0.2) is 21.2 Å². The van der Waals surface area contributed by atoms with E-state index in [1.165, 1.54) is 11.3 Å². The third kappa shape index (κ3) is 1.10. The molecule has 0 bridgehead atoms. The second kappa shape index (κ2) is 3.01. The van der Waals surface area contributed by atoms with Gasteiger partial charge in [0.15, 0.2) is 11.9 Å². The maximum Gasteiger partial charge on any atom is 0.178 e. The van der Waals surface area contributed by atoms with Crippen LogP contribution in [0.1, 0.15) is 10.4 Å². The van der Waals surface area contributed by atoms with Crippen molar-refractivity contribution < 1.29 is 4.79 Å². The van der Waals surface area contributed by atoms with E-state index in [9.17, 15) is 4.79 Å². The number of aromatic amines is 1. The number of nitrogens with one attached hydrogen (secondary N) is 1. The van der Waals surface area contributed by atoms with Crippen molar-refractivity contribution in [1.82, 2.24) is 15.0 Å². The molecule has 0 unspecified atom stereocenters. The Hall–Kier alpha value is -1.46. The Morgan fingerprint density at radius 1 is 1.47 bits per heavy atom. The van der Waals surface area contributed by atoms with Gasteiger partial charge in [-0.25, -0.2) is 9.97 Å². The quantitative estimate of drug-likeness (QED) is 0.662. The van der Waals surface area contributed by atoms with Gasteiger partial charge in [0.1, 0.15) is 9.85 Å². The molecule has 0 aliphatic carbocycles. The Balaban J connectivity index is 2.59. The van der Waals surface area contributed by atoms with Crippen molar-refractivity contribution in [2.75, 3.05) is 0 Å². The lowest BCUT2D eigenvalue weighted by Gasteiger charge is -1.90.